The van der Waals surface area contributed by atoms with Crippen LogP contribution >= 0.6 is 11.3 Å². The summed E-state index contributed by atoms with van der Waals surface area (Å²) in [5, 5.41) is 0.317. The number of methoxy groups -OCH3 is 1. The van der Waals surface area contributed by atoms with Gasteiger partial charge in [-0.3, -0.25) is 4.72 Å². The number of anilines is 1. The second-order valence-corrected chi connectivity index (χ2v) is 7.84. The summed E-state index contributed by atoms with van der Waals surface area (Å²) in [5.74, 6) is 0.299. The number of ether oxygens (including phenoxy) is 1. The zero-order valence-electron chi connectivity index (χ0n) is 13.2. The first-order valence-electron chi connectivity index (χ1n) is 7.18. The van der Waals surface area contributed by atoms with Crippen LogP contribution in [-0.2, 0) is 10.0 Å². The van der Waals surface area contributed by atoms with E-state index in [1.54, 1.807) is 24.4 Å². The Morgan fingerprint density at radius 2 is 1.88 bits per heavy atom. The number of thiazole rings is 1. The summed E-state index contributed by atoms with van der Waals surface area (Å²) in [6.07, 6.45) is 1.66. The van der Waals surface area contributed by atoms with Crippen LogP contribution in [0.5, 0.6) is 5.75 Å². The van der Waals surface area contributed by atoms with Crippen LogP contribution in [0.1, 0.15) is 5.56 Å². The molecule has 3 rings (SSSR count). The fourth-order valence-electron chi connectivity index (χ4n) is 2.22. The highest BCUT2D eigenvalue weighted by Crippen LogP contribution is 2.31. The van der Waals surface area contributed by atoms with E-state index in [0.717, 1.165) is 16.0 Å². The number of hydrogen-bond donors (Lipinski definition) is 1. The Balaban J connectivity index is 1.91. The fourth-order valence-corrected chi connectivity index (χ4v) is 4.54. The maximum Gasteiger partial charge on any atom is 0.267 e. The molecule has 124 valence electrons. The summed E-state index contributed by atoms with van der Waals surface area (Å²) >= 11 is 1.28. The fraction of sp³-hybridized carbons (Fsp3) is 0.118. The number of hydrogen-bond acceptors (Lipinski definition) is 5. The minimum Gasteiger partial charge on any atom is -0.495 e. The Morgan fingerprint density at radius 1 is 1.12 bits per heavy atom. The third-order valence-corrected chi connectivity index (χ3v) is 5.85. The van der Waals surface area contributed by atoms with E-state index in [9.17, 15) is 8.42 Å². The molecule has 0 atom stereocenters. The average Bonchev–Trinajstić information content (AvgIpc) is 3.03. The zero-order valence-corrected chi connectivity index (χ0v) is 14.8. The van der Waals surface area contributed by atoms with Crippen LogP contribution in [0.3, 0.4) is 0 Å². The molecule has 3 aromatic rings. The van der Waals surface area contributed by atoms with Gasteiger partial charge in [0, 0.05) is 6.20 Å². The Labute approximate surface area is 145 Å². The SMILES string of the molecule is COc1ccc(C)cc1S(=O)(=O)Nc1ncc(-c2ccccc2)s1. The molecule has 0 saturated carbocycles. The Morgan fingerprint density at radius 3 is 2.58 bits per heavy atom. The van der Waals surface area contributed by atoms with Gasteiger partial charge in [-0.15, -0.1) is 0 Å². The largest absolute Gasteiger partial charge is 0.495 e. The average molecular weight is 360 g/mol. The highest BCUT2D eigenvalue weighted by atomic mass is 32.2. The van der Waals surface area contributed by atoms with E-state index >= 15 is 0 Å². The van der Waals surface area contributed by atoms with E-state index in [1.807, 2.05) is 37.3 Å². The molecule has 0 radical (unpaired) electrons. The molecule has 1 heterocycles. The van der Waals surface area contributed by atoms with Crippen molar-refractivity contribution >= 4 is 26.5 Å². The van der Waals surface area contributed by atoms with Gasteiger partial charge in [0.05, 0.1) is 12.0 Å². The highest BCUT2D eigenvalue weighted by molar-refractivity contribution is 7.93. The molecule has 24 heavy (non-hydrogen) atoms. The van der Waals surface area contributed by atoms with Crippen molar-refractivity contribution in [1.82, 2.24) is 4.98 Å². The van der Waals surface area contributed by atoms with Crippen LogP contribution in [0.25, 0.3) is 10.4 Å². The highest BCUT2D eigenvalue weighted by Gasteiger charge is 2.21. The lowest BCUT2D eigenvalue weighted by Crippen LogP contribution is -2.14. The molecule has 7 heteroatoms. The monoisotopic (exact) mass is 360 g/mol. The van der Waals surface area contributed by atoms with E-state index in [1.165, 1.54) is 18.4 Å². The minimum atomic E-state index is -3.77. The summed E-state index contributed by atoms with van der Waals surface area (Å²) in [7, 11) is -2.33. The van der Waals surface area contributed by atoms with E-state index in [4.69, 9.17) is 4.74 Å². The number of benzene rings is 2. The molecule has 2 aromatic carbocycles. The molecule has 0 unspecified atom stereocenters. The molecule has 0 aliphatic heterocycles. The van der Waals surface area contributed by atoms with Crippen molar-refractivity contribution in [2.24, 2.45) is 0 Å². The lowest BCUT2D eigenvalue weighted by atomic mass is 10.2. The van der Waals surface area contributed by atoms with E-state index in [2.05, 4.69) is 9.71 Å². The molecule has 5 nitrogen and oxygen atoms in total. The van der Waals surface area contributed by atoms with E-state index < -0.39 is 10.0 Å². The number of nitrogens with zero attached hydrogens (tertiary/aromatic N) is 1. The molecule has 0 amide bonds. The van der Waals surface area contributed by atoms with Crippen LogP contribution in [0.4, 0.5) is 5.13 Å². The van der Waals surface area contributed by atoms with Gasteiger partial charge in [-0.05, 0) is 30.2 Å². The molecule has 0 fully saturated rings. The van der Waals surface area contributed by atoms with Crippen LogP contribution in [0.2, 0.25) is 0 Å². The predicted molar refractivity (Wildman–Crippen MR) is 96.1 cm³/mol. The first-order valence-corrected chi connectivity index (χ1v) is 9.48. The summed E-state index contributed by atoms with van der Waals surface area (Å²) in [4.78, 5) is 5.16. The van der Waals surface area contributed by atoms with Crippen LogP contribution in [0.15, 0.2) is 59.6 Å². The van der Waals surface area contributed by atoms with E-state index in [-0.39, 0.29) is 4.90 Å². The number of aromatic nitrogens is 1. The topological polar surface area (TPSA) is 68.3 Å². The van der Waals surface area contributed by atoms with Crippen LogP contribution < -0.4 is 9.46 Å². The van der Waals surface area contributed by atoms with Gasteiger partial charge in [-0.25, -0.2) is 13.4 Å². The van der Waals surface area contributed by atoms with Crippen LogP contribution in [0, 0.1) is 6.92 Å². The number of aryl methyl sites for hydroxylation is 1. The quantitative estimate of drug-likeness (QED) is 0.748. The van der Waals surface area contributed by atoms with Crippen molar-refractivity contribution in [2.75, 3.05) is 11.8 Å². The lowest BCUT2D eigenvalue weighted by molar-refractivity contribution is 0.402. The third kappa shape index (κ3) is 3.42. The molecule has 0 bridgehead atoms. The summed E-state index contributed by atoms with van der Waals surface area (Å²) in [5.41, 5.74) is 1.83. The molecule has 0 saturated heterocycles. The number of rotatable bonds is 5. The Bertz CT molecular complexity index is 951. The van der Waals surface area contributed by atoms with Gasteiger partial charge >= 0.3 is 0 Å². The van der Waals surface area contributed by atoms with Gasteiger partial charge in [0.25, 0.3) is 10.0 Å². The second kappa shape index (κ2) is 6.62. The number of sulfonamides is 1. The maximum absolute atomic E-state index is 12.7. The van der Waals surface area contributed by atoms with Gasteiger partial charge < -0.3 is 4.74 Å². The van der Waals surface area contributed by atoms with Gasteiger partial charge in [0.15, 0.2) is 5.13 Å². The van der Waals surface area contributed by atoms with Crippen LogP contribution in [-0.4, -0.2) is 20.5 Å². The zero-order chi connectivity index (χ0) is 17.2. The predicted octanol–water partition coefficient (Wildman–Crippen LogP) is 3.93. The first-order chi connectivity index (χ1) is 11.5. The Kier molecular flexibility index (Phi) is 4.55. The maximum atomic E-state index is 12.7. The normalized spacial score (nSPS) is 11.2. The lowest BCUT2D eigenvalue weighted by Gasteiger charge is -2.10. The summed E-state index contributed by atoms with van der Waals surface area (Å²) in [6.45, 7) is 1.83. The van der Waals surface area contributed by atoms with Crippen molar-refractivity contribution in [2.45, 2.75) is 11.8 Å². The number of nitrogens with one attached hydrogen (secondary N) is 1. The van der Waals surface area contributed by atoms with Crippen molar-refractivity contribution in [3.8, 4) is 16.2 Å². The van der Waals surface area contributed by atoms with Crippen molar-refractivity contribution in [3.63, 3.8) is 0 Å². The molecule has 1 N–H and O–H groups in total. The minimum absolute atomic E-state index is 0.0986. The van der Waals surface area contributed by atoms with Gasteiger partial charge in [-0.1, -0.05) is 47.7 Å². The molecular formula is C17H16N2O3S2. The second-order valence-electron chi connectivity index (χ2n) is 5.16. The first kappa shape index (κ1) is 16.5. The van der Waals surface area contributed by atoms with Gasteiger partial charge in [0.2, 0.25) is 0 Å². The standard InChI is InChI=1S/C17H16N2O3S2/c1-12-8-9-14(22-2)16(10-12)24(20,21)19-17-18-11-15(23-17)13-6-4-3-5-7-13/h3-11H,1-2H3,(H,18,19). The van der Waals surface area contributed by atoms with Crippen molar-refractivity contribution < 1.29 is 13.2 Å². The van der Waals surface area contributed by atoms with Gasteiger partial charge in [-0.2, -0.15) is 0 Å². The van der Waals surface area contributed by atoms with E-state index in [0.29, 0.717) is 10.9 Å². The van der Waals surface area contributed by atoms with Crippen molar-refractivity contribution in [3.05, 3.63) is 60.3 Å². The molecular weight excluding hydrogens is 344 g/mol. The smallest absolute Gasteiger partial charge is 0.267 e. The summed E-state index contributed by atoms with van der Waals surface area (Å²) < 4.78 is 33.0. The molecule has 1 aromatic heterocycles. The molecule has 0 aliphatic carbocycles. The third-order valence-electron chi connectivity index (χ3n) is 3.39. The van der Waals surface area contributed by atoms with Crippen molar-refractivity contribution in [1.29, 1.82) is 0 Å². The Hall–Kier alpha value is -2.38. The molecule has 0 spiro atoms. The summed E-state index contributed by atoms with van der Waals surface area (Å²) in [6, 6.07) is 14.7. The molecule has 0 aliphatic rings. The van der Waals surface area contributed by atoms with Gasteiger partial charge in [0.1, 0.15) is 10.6 Å².